The first kappa shape index (κ1) is 36.6. The standard InChI is InChI=1S/C35H53N3O6/c1-8-26(5)31(24-44-35(41)37-32(27(6)9-2)33(39)42-7)36-34(40)43-23-30(20-25(3)4)38(21-28-16-12-10-13-17-28)22-29-18-14-11-15-19-29/h10-19,25-27,30-32H,8-9,20-24H2,1-7H3,(H,36,40)(H,37,41)/t26?,27-,30-,31+,32-/m0/s1. The van der Waals surface area contributed by atoms with Crippen molar-refractivity contribution in [2.24, 2.45) is 17.8 Å². The molecule has 2 N–H and O–H groups in total. The summed E-state index contributed by atoms with van der Waals surface area (Å²) in [6, 6.07) is 19.3. The molecule has 0 heterocycles. The number of alkyl carbamates (subject to hydrolysis) is 2. The van der Waals surface area contributed by atoms with Crippen molar-refractivity contribution >= 4 is 18.2 Å². The Morgan fingerprint density at radius 3 is 1.70 bits per heavy atom. The van der Waals surface area contributed by atoms with Gasteiger partial charge in [0.05, 0.1) is 13.2 Å². The molecule has 0 fully saturated rings. The second-order valence-electron chi connectivity index (χ2n) is 12.0. The molecule has 9 nitrogen and oxygen atoms in total. The van der Waals surface area contributed by atoms with Crippen molar-refractivity contribution in [1.82, 2.24) is 15.5 Å². The Morgan fingerprint density at radius 1 is 0.727 bits per heavy atom. The number of ether oxygens (including phenoxy) is 3. The van der Waals surface area contributed by atoms with Crippen LogP contribution in [-0.4, -0.2) is 61.5 Å². The number of carbonyl (C=O) groups excluding carboxylic acids is 3. The lowest BCUT2D eigenvalue weighted by molar-refractivity contribution is -0.144. The van der Waals surface area contributed by atoms with Crippen molar-refractivity contribution in [3.05, 3.63) is 71.8 Å². The Bertz CT molecular complexity index is 1070. The highest BCUT2D eigenvalue weighted by molar-refractivity contribution is 5.81. The fraction of sp³-hybridized carbons (Fsp3) is 0.571. The summed E-state index contributed by atoms with van der Waals surface area (Å²) in [4.78, 5) is 40.2. The van der Waals surface area contributed by atoms with Crippen LogP contribution in [0.3, 0.4) is 0 Å². The summed E-state index contributed by atoms with van der Waals surface area (Å²) < 4.78 is 16.1. The minimum Gasteiger partial charge on any atom is -0.467 e. The second kappa shape index (κ2) is 19.6. The number of hydrogen-bond acceptors (Lipinski definition) is 7. The zero-order chi connectivity index (χ0) is 32.5. The number of nitrogens with one attached hydrogen (secondary N) is 2. The van der Waals surface area contributed by atoms with Gasteiger partial charge in [-0.3, -0.25) is 4.90 Å². The van der Waals surface area contributed by atoms with Crippen LogP contribution < -0.4 is 10.6 Å². The van der Waals surface area contributed by atoms with Crippen molar-refractivity contribution in [3.8, 4) is 0 Å². The number of hydrogen-bond donors (Lipinski definition) is 2. The van der Waals surface area contributed by atoms with Gasteiger partial charge in [0.25, 0.3) is 0 Å². The Morgan fingerprint density at radius 2 is 1.23 bits per heavy atom. The first-order valence-electron chi connectivity index (χ1n) is 15.8. The third-order valence-corrected chi connectivity index (χ3v) is 8.09. The average Bonchev–Trinajstić information content (AvgIpc) is 3.03. The van der Waals surface area contributed by atoms with Gasteiger partial charge in [0, 0.05) is 19.1 Å². The van der Waals surface area contributed by atoms with Gasteiger partial charge in [-0.05, 0) is 35.3 Å². The number of amides is 2. The molecule has 244 valence electrons. The number of rotatable bonds is 18. The molecule has 0 saturated heterocycles. The van der Waals surface area contributed by atoms with Crippen LogP contribution in [0, 0.1) is 17.8 Å². The van der Waals surface area contributed by atoms with Gasteiger partial charge in [0.2, 0.25) is 0 Å². The van der Waals surface area contributed by atoms with E-state index in [1.54, 1.807) is 0 Å². The largest absolute Gasteiger partial charge is 0.467 e. The maximum Gasteiger partial charge on any atom is 0.407 e. The Balaban J connectivity index is 2.08. The van der Waals surface area contributed by atoms with Crippen molar-refractivity contribution in [3.63, 3.8) is 0 Å². The third kappa shape index (κ3) is 13.0. The Hall–Kier alpha value is -3.59. The van der Waals surface area contributed by atoms with E-state index < -0.39 is 30.2 Å². The van der Waals surface area contributed by atoms with Crippen LogP contribution in [0.5, 0.6) is 0 Å². The molecule has 2 aromatic carbocycles. The van der Waals surface area contributed by atoms with Crippen molar-refractivity contribution in [2.75, 3.05) is 20.3 Å². The van der Waals surface area contributed by atoms with E-state index in [2.05, 4.69) is 53.6 Å². The summed E-state index contributed by atoms with van der Waals surface area (Å²) in [5, 5.41) is 5.52. The van der Waals surface area contributed by atoms with Crippen molar-refractivity contribution in [1.29, 1.82) is 0 Å². The molecular formula is C35H53N3O6. The van der Waals surface area contributed by atoms with E-state index in [0.717, 1.165) is 25.9 Å². The van der Waals surface area contributed by atoms with Gasteiger partial charge in [-0.25, -0.2) is 14.4 Å². The van der Waals surface area contributed by atoms with E-state index in [1.807, 2.05) is 64.1 Å². The van der Waals surface area contributed by atoms with Crippen LogP contribution in [-0.2, 0) is 32.1 Å². The highest BCUT2D eigenvalue weighted by Crippen LogP contribution is 2.20. The minimum atomic E-state index is -0.815. The van der Waals surface area contributed by atoms with Crippen LogP contribution >= 0.6 is 0 Å². The van der Waals surface area contributed by atoms with Crippen LogP contribution in [0.25, 0.3) is 0 Å². The normalized spacial score (nSPS) is 14.7. The van der Waals surface area contributed by atoms with Gasteiger partial charge < -0.3 is 24.8 Å². The lowest BCUT2D eigenvalue weighted by atomic mass is 9.99. The van der Waals surface area contributed by atoms with Crippen molar-refractivity contribution in [2.45, 2.75) is 92.0 Å². The van der Waals surface area contributed by atoms with Crippen molar-refractivity contribution < 1.29 is 28.6 Å². The highest BCUT2D eigenvalue weighted by atomic mass is 16.6. The monoisotopic (exact) mass is 611 g/mol. The van der Waals surface area contributed by atoms with Crippen LogP contribution in [0.4, 0.5) is 9.59 Å². The molecule has 0 aliphatic heterocycles. The molecule has 2 aromatic rings. The number of nitrogens with zero attached hydrogens (tertiary/aromatic N) is 1. The third-order valence-electron chi connectivity index (χ3n) is 8.09. The molecule has 0 bridgehead atoms. The van der Waals surface area contributed by atoms with Crippen LogP contribution in [0.1, 0.15) is 71.9 Å². The molecule has 5 atom stereocenters. The topological polar surface area (TPSA) is 106 Å². The molecule has 0 radical (unpaired) electrons. The Kier molecular flexibility index (Phi) is 16.3. The van der Waals surface area contributed by atoms with E-state index in [0.29, 0.717) is 12.3 Å². The summed E-state index contributed by atoms with van der Waals surface area (Å²) in [6.45, 7) is 13.7. The first-order valence-corrected chi connectivity index (χ1v) is 15.8. The van der Waals surface area contributed by atoms with Gasteiger partial charge in [-0.1, -0.05) is 115 Å². The van der Waals surface area contributed by atoms with E-state index in [9.17, 15) is 14.4 Å². The molecular weight excluding hydrogens is 558 g/mol. The molecule has 2 amide bonds. The summed E-state index contributed by atoms with van der Waals surface area (Å²) in [5.74, 6) is -0.248. The maximum atomic E-state index is 13.1. The fourth-order valence-corrected chi connectivity index (χ4v) is 4.94. The SMILES string of the molecule is CCC(C)[C@@H](COC(=O)N[C@H](C(=O)OC)[C@@H](C)CC)NC(=O)OC[C@H](CC(C)C)N(Cc1ccccc1)Cc1ccccc1. The lowest BCUT2D eigenvalue weighted by Gasteiger charge is -2.33. The van der Waals surface area contributed by atoms with E-state index >= 15 is 0 Å². The molecule has 0 saturated carbocycles. The Labute approximate surface area is 264 Å². The van der Waals surface area contributed by atoms with Gasteiger partial charge >= 0.3 is 18.2 Å². The molecule has 0 aliphatic carbocycles. The van der Waals surface area contributed by atoms with Gasteiger partial charge in [-0.2, -0.15) is 0 Å². The quantitative estimate of drug-likeness (QED) is 0.145. The highest BCUT2D eigenvalue weighted by Gasteiger charge is 2.29. The molecule has 0 aromatic heterocycles. The molecule has 0 aliphatic rings. The van der Waals surface area contributed by atoms with Crippen LogP contribution in [0.2, 0.25) is 0 Å². The molecule has 44 heavy (non-hydrogen) atoms. The molecule has 2 rings (SSSR count). The van der Waals surface area contributed by atoms with E-state index in [-0.39, 0.29) is 31.1 Å². The smallest absolute Gasteiger partial charge is 0.407 e. The second-order valence-corrected chi connectivity index (χ2v) is 12.0. The summed E-state index contributed by atoms with van der Waals surface area (Å²) in [5.41, 5.74) is 2.38. The zero-order valence-corrected chi connectivity index (χ0v) is 27.6. The number of carbonyl (C=O) groups is 3. The lowest BCUT2D eigenvalue weighted by Crippen LogP contribution is -2.48. The molecule has 1 unspecified atom stereocenters. The number of esters is 1. The first-order chi connectivity index (χ1) is 21.1. The fourth-order valence-electron chi connectivity index (χ4n) is 4.94. The minimum absolute atomic E-state index is 0.0129. The van der Waals surface area contributed by atoms with Gasteiger partial charge in [0.15, 0.2) is 0 Å². The number of benzene rings is 2. The molecule has 9 heteroatoms. The summed E-state index contributed by atoms with van der Waals surface area (Å²) >= 11 is 0. The van der Waals surface area contributed by atoms with E-state index in [4.69, 9.17) is 14.2 Å². The predicted octanol–water partition coefficient (Wildman–Crippen LogP) is 6.56. The maximum absolute atomic E-state index is 13.1. The predicted molar refractivity (Wildman–Crippen MR) is 173 cm³/mol. The summed E-state index contributed by atoms with van der Waals surface area (Å²) in [7, 11) is 1.29. The number of methoxy groups -OCH3 is 1. The average molecular weight is 612 g/mol. The molecule has 0 spiro atoms. The zero-order valence-electron chi connectivity index (χ0n) is 27.6. The van der Waals surface area contributed by atoms with Gasteiger partial charge in [0.1, 0.15) is 19.3 Å². The van der Waals surface area contributed by atoms with Gasteiger partial charge in [-0.15, -0.1) is 0 Å². The van der Waals surface area contributed by atoms with Crippen LogP contribution in [0.15, 0.2) is 60.7 Å². The van der Waals surface area contributed by atoms with E-state index in [1.165, 1.54) is 18.2 Å². The summed E-state index contributed by atoms with van der Waals surface area (Å²) in [6.07, 6.45) is 0.987.